The monoisotopic (exact) mass is 502 g/mol. The van der Waals surface area contributed by atoms with E-state index in [-0.39, 0.29) is 35.4 Å². The van der Waals surface area contributed by atoms with Crippen molar-refractivity contribution in [2.75, 3.05) is 5.32 Å². The molecule has 1 radical (unpaired) electrons. The molecule has 2 aromatic carbocycles. The van der Waals surface area contributed by atoms with Crippen LogP contribution in [0.3, 0.4) is 0 Å². The minimum absolute atomic E-state index is 0. The molecular weight excluding hydrogens is 478 g/mol. The molecule has 1 aliphatic rings. The molecule has 2 N–H and O–H groups in total. The number of hydrogen-bond donors (Lipinski definition) is 2. The van der Waals surface area contributed by atoms with Crippen molar-refractivity contribution in [3.8, 4) is 22.5 Å². The van der Waals surface area contributed by atoms with Gasteiger partial charge in [-0.1, -0.05) is 61.4 Å². The average molecular weight is 503 g/mol. The number of aryl methyl sites for hydroxylation is 1. The third kappa shape index (κ3) is 5.93. The fourth-order valence-corrected chi connectivity index (χ4v) is 4.42. The first-order valence-electron chi connectivity index (χ1n) is 11.6. The van der Waals surface area contributed by atoms with E-state index in [0.29, 0.717) is 30.9 Å². The number of aromatic amines is 1. The van der Waals surface area contributed by atoms with E-state index in [1.807, 2.05) is 48.5 Å². The summed E-state index contributed by atoms with van der Waals surface area (Å²) in [6, 6.07) is 15.6. The Labute approximate surface area is 228 Å². The van der Waals surface area contributed by atoms with Gasteiger partial charge in [0.15, 0.2) is 5.82 Å². The minimum Gasteiger partial charge on any atom is -0.366 e. The number of tetrazole rings is 1. The molecule has 181 valence electrons. The second-order valence-corrected chi connectivity index (χ2v) is 8.58. The summed E-state index contributed by atoms with van der Waals surface area (Å²) in [5.41, 5.74) is 5.08. The van der Waals surface area contributed by atoms with Crippen LogP contribution in [0.15, 0.2) is 48.5 Å². The van der Waals surface area contributed by atoms with Crippen LogP contribution >= 0.6 is 0 Å². The maximum Gasteiger partial charge on any atom is 0.451 e. The molecule has 0 aliphatic heterocycles. The Morgan fingerprint density at radius 2 is 1.58 bits per heavy atom. The molecule has 4 aromatic rings. The maximum atomic E-state index is 13.5. The molecule has 7 nitrogen and oxygen atoms in total. The molecule has 0 bridgehead atoms. The molecule has 5 rings (SSSR count). The minimum atomic E-state index is -4.58. The molecule has 0 fully saturated rings. The summed E-state index contributed by atoms with van der Waals surface area (Å²) in [5.74, 6) is -0.211. The number of benzene rings is 2. The third-order valence-electron chi connectivity index (χ3n) is 6.19. The van der Waals surface area contributed by atoms with E-state index in [9.17, 15) is 13.2 Å². The van der Waals surface area contributed by atoms with Crippen LogP contribution in [0.4, 0.5) is 19.0 Å². The number of rotatable bonds is 5. The van der Waals surface area contributed by atoms with Crippen LogP contribution in [-0.2, 0) is 25.6 Å². The smallest absolute Gasteiger partial charge is 0.366 e. The summed E-state index contributed by atoms with van der Waals surface area (Å²) in [5, 5.41) is 17.3. The van der Waals surface area contributed by atoms with Gasteiger partial charge in [-0.25, -0.2) is 15.1 Å². The summed E-state index contributed by atoms with van der Waals surface area (Å²) < 4.78 is 40.4. The van der Waals surface area contributed by atoms with Crippen LogP contribution in [0, 0.1) is 0 Å². The average Bonchev–Trinajstić information content (AvgIpc) is 3.38. The fourth-order valence-electron chi connectivity index (χ4n) is 4.42. The Hall–Kier alpha value is -2.82. The number of hydrogen-bond acceptors (Lipinski definition) is 6. The van der Waals surface area contributed by atoms with Gasteiger partial charge in [0.25, 0.3) is 0 Å². The molecule has 0 atom stereocenters. The number of H-pyrrole nitrogens is 1. The molecule has 0 saturated heterocycles. The van der Waals surface area contributed by atoms with Gasteiger partial charge in [0.05, 0.1) is 0 Å². The van der Waals surface area contributed by atoms with Gasteiger partial charge in [0, 0.05) is 52.9 Å². The zero-order valence-corrected chi connectivity index (χ0v) is 21.9. The van der Waals surface area contributed by atoms with Crippen LogP contribution in [0.1, 0.15) is 48.3 Å². The summed E-state index contributed by atoms with van der Waals surface area (Å²) in [6.45, 7) is 0.356. The maximum absolute atomic E-state index is 13.5. The van der Waals surface area contributed by atoms with Gasteiger partial charge in [-0.3, -0.25) is 0 Å². The largest absolute Gasteiger partial charge is 0.451 e. The fraction of sp³-hybridized carbons (Fsp3) is 0.320. The van der Waals surface area contributed by atoms with Crippen LogP contribution < -0.4 is 5.32 Å². The van der Waals surface area contributed by atoms with E-state index in [1.165, 1.54) is 0 Å². The number of halogens is 3. The van der Waals surface area contributed by atoms with Crippen molar-refractivity contribution in [3.05, 3.63) is 71.2 Å². The normalized spacial score (nSPS) is 13.8. The molecule has 2 aromatic heterocycles. The van der Waals surface area contributed by atoms with Gasteiger partial charge < -0.3 is 5.32 Å². The summed E-state index contributed by atoms with van der Waals surface area (Å²) in [4.78, 5) is 7.76. The summed E-state index contributed by atoms with van der Waals surface area (Å²) in [6.07, 6.45) is 0.482. The number of nitrogens with zero attached hydrogens (tertiary/aromatic N) is 5. The topological polar surface area (TPSA) is 92.3 Å². The Bertz CT molecular complexity index is 1290. The molecule has 0 unspecified atom stereocenters. The van der Waals surface area contributed by atoms with Crippen molar-refractivity contribution in [2.45, 2.75) is 51.2 Å². The van der Waals surface area contributed by atoms with Gasteiger partial charge in [0.2, 0.25) is 5.82 Å². The van der Waals surface area contributed by atoms with Crippen molar-refractivity contribution in [1.82, 2.24) is 30.6 Å². The number of aromatic nitrogens is 6. The molecule has 0 amide bonds. The van der Waals surface area contributed by atoms with Crippen molar-refractivity contribution >= 4 is 35.4 Å². The van der Waals surface area contributed by atoms with Gasteiger partial charge >= 0.3 is 6.18 Å². The number of anilines is 1. The van der Waals surface area contributed by atoms with Crippen molar-refractivity contribution in [1.29, 1.82) is 0 Å². The Kier molecular flexibility index (Phi) is 8.38. The Balaban J connectivity index is 0.00000304. The predicted octanol–water partition coefficient (Wildman–Crippen LogP) is 5.23. The number of nitrogens with one attached hydrogen (secondary N) is 2. The van der Waals surface area contributed by atoms with Crippen LogP contribution in [0.2, 0.25) is 0 Å². The zero-order valence-electron chi connectivity index (χ0n) is 19.9. The second kappa shape index (κ2) is 11.5. The summed E-state index contributed by atoms with van der Waals surface area (Å²) in [7, 11) is 0. The first-order valence-corrected chi connectivity index (χ1v) is 11.6. The van der Waals surface area contributed by atoms with Crippen LogP contribution in [0.25, 0.3) is 22.5 Å². The van der Waals surface area contributed by atoms with Crippen molar-refractivity contribution < 1.29 is 13.2 Å². The van der Waals surface area contributed by atoms with E-state index in [0.717, 1.165) is 53.5 Å². The quantitative estimate of drug-likeness (QED) is 0.363. The Morgan fingerprint density at radius 1 is 0.861 bits per heavy atom. The molecular formula is C25H24F3N7Na. The van der Waals surface area contributed by atoms with E-state index in [1.54, 1.807) is 0 Å². The molecule has 1 aliphatic carbocycles. The van der Waals surface area contributed by atoms with Gasteiger partial charge in [-0.2, -0.15) is 13.2 Å². The summed E-state index contributed by atoms with van der Waals surface area (Å²) >= 11 is 0. The second-order valence-electron chi connectivity index (χ2n) is 8.58. The van der Waals surface area contributed by atoms with Crippen LogP contribution in [-0.4, -0.2) is 60.1 Å². The van der Waals surface area contributed by atoms with Crippen molar-refractivity contribution in [2.24, 2.45) is 0 Å². The first-order chi connectivity index (χ1) is 17.0. The van der Waals surface area contributed by atoms with E-state index >= 15 is 0 Å². The number of alkyl halides is 3. The molecule has 2 heterocycles. The first kappa shape index (κ1) is 26.2. The SMILES string of the molecule is FC(F)(F)c1nc2c(c(NCc3ccc(-c4ccccc4-c4nnn[nH]4)cc3)n1)CCCCCC2.[Na]. The van der Waals surface area contributed by atoms with Crippen molar-refractivity contribution in [3.63, 3.8) is 0 Å². The van der Waals surface area contributed by atoms with E-state index < -0.39 is 12.0 Å². The Morgan fingerprint density at radius 3 is 2.28 bits per heavy atom. The zero-order chi connectivity index (χ0) is 24.3. The van der Waals surface area contributed by atoms with Gasteiger partial charge in [-0.05, 0) is 52.8 Å². The molecule has 0 spiro atoms. The van der Waals surface area contributed by atoms with E-state index in [4.69, 9.17) is 0 Å². The standard InChI is InChI=1S/C25H24F3N7.Na/c26-25(27,28)24-30-21-10-4-2-1-3-9-20(21)22(31-24)29-15-16-11-13-17(14-12-16)18-7-5-6-8-19(18)23-32-34-35-33-23;/h5-8,11-14H,1-4,9-10,15H2,(H,29,30,31)(H,32,33,34,35);. The number of fused-ring (bicyclic) bond motifs is 1. The molecule has 36 heavy (non-hydrogen) atoms. The predicted molar refractivity (Wildman–Crippen MR) is 131 cm³/mol. The van der Waals surface area contributed by atoms with Crippen LogP contribution in [0.5, 0.6) is 0 Å². The van der Waals surface area contributed by atoms with E-state index in [2.05, 4.69) is 35.9 Å². The third-order valence-corrected chi connectivity index (χ3v) is 6.19. The van der Waals surface area contributed by atoms with Gasteiger partial charge in [0.1, 0.15) is 5.82 Å². The molecule has 0 saturated carbocycles. The molecule has 11 heteroatoms. The van der Waals surface area contributed by atoms with Gasteiger partial charge in [-0.15, -0.1) is 5.10 Å².